The zero-order chi connectivity index (χ0) is 15.8. The number of methoxy groups -OCH3 is 1. The summed E-state index contributed by atoms with van der Waals surface area (Å²) in [6.45, 7) is 4.05. The van der Waals surface area contributed by atoms with Crippen LogP contribution in [-0.4, -0.2) is 36.7 Å². The van der Waals surface area contributed by atoms with Gasteiger partial charge in [0.25, 0.3) is 0 Å². The van der Waals surface area contributed by atoms with Crippen molar-refractivity contribution in [2.45, 2.75) is 25.9 Å². The van der Waals surface area contributed by atoms with E-state index in [1.54, 1.807) is 6.08 Å². The van der Waals surface area contributed by atoms with E-state index in [9.17, 15) is 14.7 Å². The Hall–Kier alpha value is -2.14. The van der Waals surface area contributed by atoms with Crippen LogP contribution < -0.4 is 5.32 Å². The minimum absolute atomic E-state index is 0.178. The fourth-order valence-electron chi connectivity index (χ4n) is 1.64. The molecular formula is C16H21NO4. The smallest absolute Gasteiger partial charge is 0.336 e. The average Bonchev–Trinajstić information content (AvgIpc) is 2.49. The predicted octanol–water partition coefficient (Wildman–Crippen LogP) is 1.47. The number of benzene rings is 1. The number of ether oxygens (including phenoxy) is 1. The highest BCUT2D eigenvalue weighted by Crippen LogP contribution is 2.15. The van der Waals surface area contributed by atoms with E-state index in [1.165, 1.54) is 18.7 Å². The second kappa shape index (κ2) is 8.21. The van der Waals surface area contributed by atoms with Gasteiger partial charge in [-0.3, -0.25) is 4.79 Å². The summed E-state index contributed by atoms with van der Waals surface area (Å²) in [5.41, 5.74) is 2.14. The van der Waals surface area contributed by atoms with E-state index in [1.807, 2.05) is 24.3 Å². The molecule has 21 heavy (non-hydrogen) atoms. The minimum atomic E-state index is -1.35. The van der Waals surface area contributed by atoms with Crippen molar-refractivity contribution in [3.05, 3.63) is 41.5 Å². The maximum Gasteiger partial charge on any atom is 0.336 e. The molecule has 0 saturated carbocycles. The van der Waals surface area contributed by atoms with E-state index in [2.05, 4.69) is 23.9 Å². The number of rotatable bonds is 6. The molecule has 1 rings (SSSR count). The quantitative estimate of drug-likeness (QED) is 0.615. The Balaban J connectivity index is 2.48. The van der Waals surface area contributed by atoms with E-state index in [4.69, 9.17) is 0 Å². The van der Waals surface area contributed by atoms with Gasteiger partial charge in [-0.25, -0.2) is 4.79 Å². The number of carbonyl (C=O) groups is 2. The van der Waals surface area contributed by atoms with Crippen LogP contribution in [-0.2, 0) is 14.3 Å². The van der Waals surface area contributed by atoms with Gasteiger partial charge in [0.15, 0.2) is 6.10 Å². The fraction of sp³-hybridized carbons (Fsp3) is 0.375. The van der Waals surface area contributed by atoms with E-state index in [-0.39, 0.29) is 12.5 Å². The summed E-state index contributed by atoms with van der Waals surface area (Å²) in [6, 6.07) is 7.90. The van der Waals surface area contributed by atoms with Gasteiger partial charge in [-0.1, -0.05) is 38.1 Å². The predicted molar refractivity (Wildman–Crippen MR) is 80.6 cm³/mol. The Morgan fingerprint density at radius 2 is 1.90 bits per heavy atom. The van der Waals surface area contributed by atoms with Crippen molar-refractivity contribution in [2.75, 3.05) is 13.7 Å². The van der Waals surface area contributed by atoms with Gasteiger partial charge in [-0.15, -0.1) is 0 Å². The summed E-state index contributed by atoms with van der Waals surface area (Å²) in [5, 5.41) is 11.7. The SMILES string of the molecule is COC(=O)C(O)CNC(=O)/C=C/c1ccc(C(C)C)cc1. The molecule has 1 aromatic rings. The van der Waals surface area contributed by atoms with Gasteiger partial charge in [0.05, 0.1) is 13.7 Å². The van der Waals surface area contributed by atoms with Crippen molar-refractivity contribution in [3.63, 3.8) is 0 Å². The number of hydrogen-bond acceptors (Lipinski definition) is 4. The zero-order valence-corrected chi connectivity index (χ0v) is 12.5. The molecule has 0 aliphatic carbocycles. The highest BCUT2D eigenvalue weighted by Gasteiger charge is 2.15. The summed E-state index contributed by atoms with van der Waals surface area (Å²) in [7, 11) is 1.17. The third-order valence-electron chi connectivity index (χ3n) is 2.97. The summed E-state index contributed by atoms with van der Waals surface area (Å²) < 4.78 is 4.35. The normalized spacial score (nSPS) is 12.4. The molecule has 0 aliphatic rings. The number of nitrogens with one attached hydrogen (secondary N) is 1. The molecule has 5 heteroatoms. The van der Waals surface area contributed by atoms with E-state index < -0.39 is 12.1 Å². The van der Waals surface area contributed by atoms with Crippen LogP contribution in [0.5, 0.6) is 0 Å². The highest BCUT2D eigenvalue weighted by atomic mass is 16.5. The number of amides is 1. The molecule has 0 fully saturated rings. The van der Waals surface area contributed by atoms with Gasteiger partial charge in [-0.2, -0.15) is 0 Å². The first-order valence-corrected chi connectivity index (χ1v) is 6.75. The molecule has 0 saturated heterocycles. The number of aliphatic hydroxyl groups excluding tert-OH is 1. The van der Waals surface area contributed by atoms with Gasteiger partial charge < -0.3 is 15.2 Å². The van der Waals surface area contributed by atoms with Gasteiger partial charge in [0, 0.05) is 6.08 Å². The van der Waals surface area contributed by atoms with Crippen LogP contribution in [0.15, 0.2) is 30.3 Å². The van der Waals surface area contributed by atoms with Crippen molar-refractivity contribution in [1.82, 2.24) is 5.32 Å². The lowest BCUT2D eigenvalue weighted by atomic mass is 10.0. The Morgan fingerprint density at radius 1 is 1.29 bits per heavy atom. The van der Waals surface area contributed by atoms with Crippen LogP contribution in [0, 0.1) is 0 Å². The van der Waals surface area contributed by atoms with Gasteiger partial charge in [0.1, 0.15) is 0 Å². The molecule has 5 nitrogen and oxygen atoms in total. The van der Waals surface area contributed by atoms with Gasteiger partial charge >= 0.3 is 5.97 Å². The molecule has 1 aromatic carbocycles. The summed E-state index contributed by atoms with van der Waals surface area (Å²) in [6.07, 6.45) is 1.68. The lowest BCUT2D eigenvalue weighted by Gasteiger charge is -2.08. The fourth-order valence-corrected chi connectivity index (χ4v) is 1.64. The number of hydrogen-bond donors (Lipinski definition) is 2. The topological polar surface area (TPSA) is 75.6 Å². The minimum Gasteiger partial charge on any atom is -0.467 e. The van der Waals surface area contributed by atoms with Crippen molar-refractivity contribution in [1.29, 1.82) is 0 Å². The second-order valence-corrected chi connectivity index (χ2v) is 4.94. The first-order valence-electron chi connectivity index (χ1n) is 6.75. The molecule has 0 aliphatic heterocycles. The Labute approximate surface area is 124 Å². The first kappa shape index (κ1) is 16.9. The van der Waals surface area contributed by atoms with Gasteiger partial charge in [-0.05, 0) is 23.1 Å². The molecule has 1 unspecified atom stereocenters. The highest BCUT2D eigenvalue weighted by molar-refractivity contribution is 5.92. The molecule has 2 N–H and O–H groups in total. The summed E-state index contributed by atoms with van der Waals surface area (Å²) in [4.78, 5) is 22.5. The largest absolute Gasteiger partial charge is 0.467 e. The monoisotopic (exact) mass is 291 g/mol. The number of esters is 1. The molecule has 1 amide bonds. The van der Waals surface area contributed by atoms with Crippen LogP contribution in [0.3, 0.4) is 0 Å². The maximum absolute atomic E-state index is 11.5. The molecule has 114 valence electrons. The van der Waals surface area contributed by atoms with Crippen LogP contribution in [0.1, 0.15) is 30.9 Å². The van der Waals surface area contributed by atoms with Crippen LogP contribution in [0.25, 0.3) is 6.08 Å². The zero-order valence-electron chi connectivity index (χ0n) is 12.5. The summed E-state index contributed by atoms with van der Waals surface area (Å²) >= 11 is 0. The van der Waals surface area contributed by atoms with Crippen molar-refractivity contribution >= 4 is 18.0 Å². The summed E-state index contributed by atoms with van der Waals surface area (Å²) in [5.74, 6) is -0.694. The van der Waals surface area contributed by atoms with Crippen molar-refractivity contribution in [3.8, 4) is 0 Å². The number of aliphatic hydroxyl groups is 1. The molecule has 1 atom stereocenters. The van der Waals surface area contributed by atoms with E-state index in [0.717, 1.165) is 5.56 Å². The van der Waals surface area contributed by atoms with E-state index in [0.29, 0.717) is 5.92 Å². The third-order valence-corrected chi connectivity index (χ3v) is 2.97. The Morgan fingerprint density at radius 3 is 2.43 bits per heavy atom. The Kier molecular flexibility index (Phi) is 6.62. The Bertz CT molecular complexity index is 506. The van der Waals surface area contributed by atoms with Crippen molar-refractivity contribution < 1.29 is 19.4 Å². The average molecular weight is 291 g/mol. The lowest BCUT2D eigenvalue weighted by Crippen LogP contribution is -2.36. The third kappa shape index (κ3) is 5.79. The molecule has 0 bridgehead atoms. The first-order chi connectivity index (χ1) is 9.93. The molecule has 0 heterocycles. The van der Waals surface area contributed by atoms with Crippen LogP contribution >= 0.6 is 0 Å². The lowest BCUT2D eigenvalue weighted by molar-refractivity contribution is -0.150. The standard InChI is InChI=1S/C16H21NO4/c1-11(2)13-7-4-12(5-8-13)6-9-15(19)17-10-14(18)16(20)21-3/h4-9,11,14,18H,10H2,1-3H3,(H,17,19)/b9-6+. The molecule has 0 aromatic heterocycles. The number of carbonyl (C=O) groups excluding carboxylic acids is 2. The maximum atomic E-state index is 11.5. The van der Waals surface area contributed by atoms with Gasteiger partial charge in [0.2, 0.25) is 5.91 Å². The molecule has 0 radical (unpaired) electrons. The molecular weight excluding hydrogens is 270 g/mol. The van der Waals surface area contributed by atoms with Crippen LogP contribution in [0.4, 0.5) is 0 Å². The second-order valence-electron chi connectivity index (χ2n) is 4.94. The van der Waals surface area contributed by atoms with Crippen LogP contribution in [0.2, 0.25) is 0 Å². The molecule has 0 spiro atoms. The van der Waals surface area contributed by atoms with E-state index >= 15 is 0 Å². The van der Waals surface area contributed by atoms with Crippen molar-refractivity contribution in [2.24, 2.45) is 0 Å².